The van der Waals surface area contributed by atoms with Crippen LogP contribution in [0.15, 0.2) is 59.5 Å². The van der Waals surface area contributed by atoms with Crippen LogP contribution in [-0.4, -0.2) is 27.8 Å². The zero-order valence-electron chi connectivity index (χ0n) is 14.7. The van der Waals surface area contributed by atoms with Gasteiger partial charge in [-0.05, 0) is 55.5 Å². The fraction of sp³-hybridized carbons (Fsp3) is 0.158. The van der Waals surface area contributed by atoms with E-state index in [0.29, 0.717) is 22.2 Å². The first kappa shape index (κ1) is 18.6. The second kappa shape index (κ2) is 8.01. The molecule has 8 heteroatoms. The van der Waals surface area contributed by atoms with Crippen LogP contribution in [-0.2, 0) is 4.79 Å². The van der Waals surface area contributed by atoms with Gasteiger partial charge in [0.2, 0.25) is 5.91 Å². The van der Waals surface area contributed by atoms with Crippen molar-refractivity contribution < 1.29 is 9.53 Å². The number of carbonyl (C=O) groups excluding carboxylic acids is 1. The van der Waals surface area contributed by atoms with Crippen molar-refractivity contribution in [3.8, 4) is 17.0 Å². The fourth-order valence-corrected chi connectivity index (χ4v) is 2.53. The van der Waals surface area contributed by atoms with Gasteiger partial charge in [0.15, 0.2) is 0 Å². The van der Waals surface area contributed by atoms with Gasteiger partial charge in [-0.25, -0.2) is 9.48 Å². The van der Waals surface area contributed by atoms with Gasteiger partial charge in [-0.1, -0.05) is 11.6 Å². The van der Waals surface area contributed by atoms with E-state index in [9.17, 15) is 9.59 Å². The highest BCUT2D eigenvalue weighted by atomic mass is 35.5. The van der Waals surface area contributed by atoms with Gasteiger partial charge >= 0.3 is 5.69 Å². The first-order chi connectivity index (χ1) is 13.0. The predicted octanol–water partition coefficient (Wildman–Crippen LogP) is 3.17. The summed E-state index contributed by atoms with van der Waals surface area (Å²) in [6, 6.07) is 12.9. The minimum atomic E-state index is -0.828. The van der Waals surface area contributed by atoms with E-state index < -0.39 is 11.7 Å². The summed E-state index contributed by atoms with van der Waals surface area (Å²) in [6.07, 6.45) is 1.45. The summed E-state index contributed by atoms with van der Waals surface area (Å²) in [5, 5.41) is 7.38. The van der Waals surface area contributed by atoms with Gasteiger partial charge in [0.1, 0.15) is 11.8 Å². The molecule has 1 atom stereocenters. The Bertz CT molecular complexity index is 1000. The molecule has 0 saturated heterocycles. The number of nitrogens with zero attached hydrogens (tertiary/aromatic N) is 3. The van der Waals surface area contributed by atoms with Gasteiger partial charge < -0.3 is 10.1 Å². The SMILES string of the molecule is COc1ccc(-c2cnn([C@H](C)C(=O)Nc3ccc(Cl)cc3)c(=O)n2)cc1. The summed E-state index contributed by atoms with van der Waals surface area (Å²) in [7, 11) is 1.58. The smallest absolute Gasteiger partial charge is 0.365 e. The molecule has 0 unspecified atom stereocenters. The van der Waals surface area contributed by atoms with Crippen LogP contribution >= 0.6 is 11.6 Å². The van der Waals surface area contributed by atoms with Crippen LogP contribution in [0.1, 0.15) is 13.0 Å². The highest BCUT2D eigenvalue weighted by molar-refractivity contribution is 6.30. The minimum absolute atomic E-state index is 0.383. The van der Waals surface area contributed by atoms with Crippen molar-refractivity contribution in [1.82, 2.24) is 14.8 Å². The number of methoxy groups -OCH3 is 1. The van der Waals surface area contributed by atoms with Crippen molar-refractivity contribution in [3.63, 3.8) is 0 Å². The molecule has 7 nitrogen and oxygen atoms in total. The molecule has 1 heterocycles. The maximum absolute atomic E-state index is 12.4. The fourth-order valence-electron chi connectivity index (χ4n) is 2.41. The summed E-state index contributed by atoms with van der Waals surface area (Å²) in [5.74, 6) is 0.318. The minimum Gasteiger partial charge on any atom is -0.497 e. The average molecular weight is 385 g/mol. The third-order valence-corrected chi connectivity index (χ3v) is 4.21. The van der Waals surface area contributed by atoms with Crippen molar-refractivity contribution in [1.29, 1.82) is 0 Å². The van der Waals surface area contributed by atoms with Crippen LogP contribution in [0, 0.1) is 0 Å². The summed E-state index contributed by atoms with van der Waals surface area (Å²) >= 11 is 5.83. The number of benzene rings is 2. The van der Waals surface area contributed by atoms with Gasteiger partial charge in [0, 0.05) is 16.3 Å². The van der Waals surface area contributed by atoms with E-state index in [1.54, 1.807) is 62.6 Å². The van der Waals surface area contributed by atoms with Crippen LogP contribution < -0.4 is 15.7 Å². The van der Waals surface area contributed by atoms with Crippen molar-refractivity contribution in [2.75, 3.05) is 12.4 Å². The molecule has 27 heavy (non-hydrogen) atoms. The van der Waals surface area contributed by atoms with Crippen molar-refractivity contribution in [2.45, 2.75) is 13.0 Å². The Hall–Kier alpha value is -3.19. The zero-order valence-corrected chi connectivity index (χ0v) is 15.5. The Morgan fingerprint density at radius 1 is 1.15 bits per heavy atom. The topological polar surface area (TPSA) is 86.1 Å². The molecule has 1 N–H and O–H groups in total. The summed E-state index contributed by atoms with van der Waals surface area (Å²) in [5.41, 5.74) is 1.12. The highest BCUT2D eigenvalue weighted by Gasteiger charge is 2.18. The molecular weight excluding hydrogens is 368 g/mol. The van der Waals surface area contributed by atoms with E-state index in [0.717, 1.165) is 10.2 Å². The molecule has 0 radical (unpaired) electrons. The van der Waals surface area contributed by atoms with E-state index in [2.05, 4.69) is 15.4 Å². The molecule has 0 fully saturated rings. The first-order valence-electron chi connectivity index (χ1n) is 8.14. The van der Waals surface area contributed by atoms with Crippen LogP contribution in [0.25, 0.3) is 11.3 Å². The monoisotopic (exact) mass is 384 g/mol. The number of ether oxygens (including phenoxy) is 1. The van der Waals surface area contributed by atoms with E-state index in [1.807, 2.05) is 0 Å². The first-order valence-corrected chi connectivity index (χ1v) is 8.52. The molecule has 0 bridgehead atoms. The standard InChI is InChI=1S/C19H17ClN4O3/c1-12(18(25)22-15-7-5-14(20)6-8-15)24-19(26)23-17(11-21-24)13-3-9-16(27-2)10-4-13/h3-12H,1-2H3,(H,22,25)/t12-/m1/s1. The average Bonchev–Trinajstić information content (AvgIpc) is 2.69. The number of carbonyl (C=O) groups is 1. The molecule has 0 aliphatic rings. The molecule has 1 aromatic heterocycles. The lowest BCUT2D eigenvalue weighted by molar-refractivity contribution is -0.119. The molecule has 0 saturated carbocycles. The number of anilines is 1. The lowest BCUT2D eigenvalue weighted by Gasteiger charge is -2.14. The number of aromatic nitrogens is 3. The Kier molecular flexibility index (Phi) is 5.52. The molecule has 3 aromatic rings. The molecule has 3 rings (SSSR count). The lowest BCUT2D eigenvalue weighted by atomic mass is 10.1. The third-order valence-electron chi connectivity index (χ3n) is 3.96. The van der Waals surface area contributed by atoms with Crippen molar-refractivity contribution in [2.24, 2.45) is 0 Å². The molecule has 138 valence electrons. The normalized spacial score (nSPS) is 11.7. The quantitative estimate of drug-likeness (QED) is 0.730. The number of nitrogens with one attached hydrogen (secondary N) is 1. The van der Waals surface area contributed by atoms with Gasteiger partial charge in [-0.3, -0.25) is 4.79 Å². The predicted molar refractivity (Wildman–Crippen MR) is 103 cm³/mol. The van der Waals surface area contributed by atoms with Gasteiger partial charge in [-0.15, -0.1) is 0 Å². The maximum atomic E-state index is 12.4. The molecule has 1 amide bonds. The van der Waals surface area contributed by atoms with Crippen LogP contribution in [0.5, 0.6) is 5.75 Å². The number of amides is 1. The summed E-state index contributed by atoms with van der Waals surface area (Å²) in [6.45, 7) is 1.58. The second-order valence-corrected chi connectivity index (χ2v) is 6.21. The molecule has 0 aliphatic carbocycles. The van der Waals surface area contributed by atoms with E-state index in [4.69, 9.17) is 16.3 Å². The summed E-state index contributed by atoms with van der Waals surface area (Å²) < 4.78 is 6.15. The highest BCUT2D eigenvalue weighted by Crippen LogP contribution is 2.19. The van der Waals surface area contributed by atoms with E-state index in [1.165, 1.54) is 6.20 Å². The maximum Gasteiger partial charge on any atom is 0.365 e. The molecule has 0 spiro atoms. The Morgan fingerprint density at radius 2 is 1.81 bits per heavy atom. The molecular formula is C19H17ClN4O3. The number of halogens is 1. The van der Waals surface area contributed by atoms with Gasteiger partial charge in [-0.2, -0.15) is 10.1 Å². The Balaban J connectivity index is 1.78. The number of rotatable bonds is 5. The van der Waals surface area contributed by atoms with E-state index in [-0.39, 0.29) is 5.91 Å². The van der Waals surface area contributed by atoms with Crippen molar-refractivity contribution in [3.05, 3.63) is 70.2 Å². The van der Waals surface area contributed by atoms with Crippen LogP contribution in [0.4, 0.5) is 5.69 Å². The van der Waals surface area contributed by atoms with Gasteiger partial charge in [0.05, 0.1) is 19.0 Å². The number of hydrogen-bond acceptors (Lipinski definition) is 5. The van der Waals surface area contributed by atoms with Crippen LogP contribution in [0.2, 0.25) is 5.02 Å². The number of hydrogen-bond donors (Lipinski definition) is 1. The summed E-state index contributed by atoms with van der Waals surface area (Å²) in [4.78, 5) is 28.8. The Labute approximate surface area is 160 Å². The van der Waals surface area contributed by atoms with Crippen LogP contribution in [0.3, 0.4) is 0 Å². The molecule has 2 aromatic carbocycles. The third kappa shape index (κ3) is 4.32. The van der Waals surface area contributed by atoms with E-state index >= 15 is 0 Å². The van der Waals surface area contributed by atoms with Gasteiger partial charge in [0.25, 0.3) is 0 Å². The zero-order chi connectivity index (χ0) is 19.4. The molecule has 0 aliphatic heterocycles. The Morgan fingerprint density at radius 3 is 2.41 bits per heavy atom. The second-order valence-electron chi connectivity index (χ2n) is 5.77. The largest absolute Gasteiger partial charge is 0.497 e. The lowest BCUT2D eigenvalue weighted by Crippen LogP contribution is -2.34. The van der Waals surface area contributed by atoms with Crippen molar-refractivity contribution >= 4 is 23.2 Å².